The first-order valence-corrected chi connectivity index (χ1v) is 7.02. The molecule has 2 rings (SSSR count). The first kappa shape index (κ1) is 15.9. The van der Waals surface area contributed by atoms with E-state index in [0.29, 0.717) is 17.9 Å². The lowest BCUT2D eigenvalue weighted by molar-refractivity contribution is -0.138. The fourth-order valence-corrected chi connectivity index (χ4v) is 2.22. The first-order valence-electron chi connectivity index (χ1n) is 7.02. The molecule has 1 amide bonds. The normalized spacial score (nSPS) is 12.1. The number of carboxylic acid groups (broad SMARTS) is 1. The molecule has 1 aromatic carbocycles. The molecule has 0 bridgehead atoms. The SMILES string of the molecule is COc1ccc2c(CC(=O)NCC(C)CC(=O)O)coc2c1. The zero-order valence-corrected chi connectivity index (χ0v) is 12.6. The van der Waals surface area contributed by atoms with E-state index < -0.39 is 5.97 Å². The van der Waals surface area contributed by atoms with E-state index in [9.17, 15) is 9.59 Å². The van der Waals surface area contributed by atoms with Crippen molar-refractivity contribution < 1.29 is 23.8 Å². The van der Waals surface area contributed by atoms with Gasteiger partial charge in [-0.25, -0.2) is 0 Å². The Bertz CT molecular complexity index is 676. The third-order valence-corrected chi connectivity index (χ3v) is 3.38. The number of fused-ring (bicyclic) bond motifs is 1. The molecule has 2 N–H and O–H groups in total. The Morgan fingerprint density at radius 2 is 2.18 bits per heavy atom. The number of nitrogens with one attached hydrogen (secondary N) is 1. The van der Waals surface area contributed by atoms with E-state index in [1.165, 1.54) is 0 Å². The molecular formula is C16H19NO5. The van der Waals surface area contributed by atoms with Crippen molar-refractivity contribution in [1.29, 1.82) is 0 Å². The number of aliphatic carboxylic acids is 1. The van der Waals surface area contributed by atoms with Crippen LogP contribution in [-0.4, -0.2) is 30.6 Å². The van der Waals surface area contributed by atoms with Crippen LogP contribution in [0.2, 0.25) is 0 Å². The molecule has 0 fully saturated rings. The fourth-order valence-electron chi connectivity index (χ4n) is 2.22. The number of amides is 1. The lowest BCUT2D eigenvalue weighted by atomic mass is 10.1. The fraction of sp³-hybridized carbons (Fsp3) is 0.375. The van der Waals surface area contributed by atoms with Gasteiger partial charge in [-0.1, -0.05) is 6.92 Å². The molecule has 0 spiro atoms. The molecule has 118 valence electrons. The Balaban J connectivity index is 1.96. The Hall–Kier alpha value is -2.50. The summed E-state index contributed by atoms with van der Waals surface area (Å²) in [6.07, 6.45) is 1.79. The average Bonchev–Trinajstić information content (AvgIpc) is 2.86. The number of hydrogen-bond acceptors (Lipinski definition) is 4. The summed E-state index contributed by atoms with van der Waals surface area (Å²) < 4.78 is 10.6. The minimum Gasteiger partial charge on any atom is -0.497 e. The van der Waals surface area contributed by atoms with Crippen LogP contribution in [0.4, 0.5) is 0 Å². The largest absolute Gasteiger partial charge is 0.497 e. The van der Waals surface area contributed by atoms with Gasteiger partial charge >= 0.3 is 5.97 Å². The molecule has 0 saturated heterocycles. The van der Waals surface area contributed by atoms with E-state index in [4.69, 9.17) is 14.3 Å². The summed E-state index contributed by atoms with van der Waals surface area (Å²) in [6.45, 7) is 2.13. The molecule has 22 heavy (non-hydrogen) atoms. The number of ether oxygens (including phenoxy) is 1. The molecular weight excluding hydrogens is 286 g/mol. The van der Waals surface area contributed by atoms with E-state index in [1.807, 2.05) is 12.1 Å². The second-order valence-electron chi connectivity index (χ2n) is 5.31. The van der Waals surface area contributed by atoms with Gasteiger partial charge in [0, 0.05) is 30.0 Å². The number of carbonyl (C=O) groups is 2. The Kier molecular flexibility index (Phi) is 5.04. The number of furan rings is 1. The molecule has 1 atom stereocenters. The molecule has 2 aromatic rings. The molecule has 1 aromatic heterocycles. The number of methoxy groups -OCH3 is 1. The van der Waals surface area contributed by atoms with Crippen LogP contribution in [0.3, 0.4) is 0 Å². The van der Waals surface area contributed by atoms with Gasteiger partial charge in [0.2, 0.25) is 5.91 Å². The third-order valence-electron chi connectivity index (χ3n) is 3.38. The third kappa shape index (κ3) is 4.00. The topological polar surface area (TPSA) is 88.8 Å². The summed E-state index contributed by atoms with van der Waals surface area (Å²) in [5, 5.41) is 12.3. The van der Waals surface area contributed by atoms with Crippen LogP contribution in [0.5, 0.6) is 5.75 Å². The number of carbonyl (C=O) groups excluding carboxylic acids is 1. The van der Waals surface area contributed by atoms with Gasteiger partial charge in [0.25, 0.3) is 0 Å². The van der Waals surface area contributed by atoms with Crippen LogP contribution >= 0.6 is 0 Å². The van der Waals surface area contributed by atoms with Crippen molar-refractivity contribution >= 4 is 22.8 Å². The first-order chi connectivity index (χ1) is 10.5. The number of benzene rings is 1. The smallest absolute Gasteiger partial charge is 0.303 e. The van der Waals surface area contributed by atoms with Crippen LogP contribution in [0, 0.1) is 5.92 Å². The highest BCUT2D eigenvalue weighted by atomic mass is 16.5. The summed E-state index contributed by atoms with van der Waals surface area (Å²) in [4.78, 5) is 22.5. The highest BCUT2D eigenvalue weighted by Crippen LogP contribution is 2.25. The van der Waals surface area contributed by atoms with E-state index in [0.717, 1.165) is 10.9 Å². The van der Waals surface area contributed by atoms with Crippen LogP contribution < -0.4 is 10.1 Å². The molecule has 0 radical (unpaired) electrons. The van der Waals surface area contributed by atoms with E-state index in [1.54, 1.807) is 26.4 Å². The minimum atomic E-state index is -0.864. The predicted molar refractivity (Wildman–Crippen MR) is 80.9 cm³/mol. The second kappa shape index (κ2) is 6.98. The number of hydrogen-bond donors (Lipinski definition) is 2. The van der Waals surface area contributed by atoms with Gasteiger partial charge in [-0.15, -0.1) is 0 Å². The zero-order valence-electron chi connectivity index (χ0n) is 12.6. The van der Waals surface area contributed by atoms with Crippen LogP contribution in [-0.2, 0) is 16.0 Å². The van der Waals surface area contributed by atoms with Crippen molar-refractivity contribution in [2.24, 2.45) is 5.92 Å². The van der Waals surface area contributed by atoms with Crippen molar-refractivity contribution in [2.45, 2.75) is 19.8 Å². The predicted octanol–water partition coefficient (Wildman–Crippen LogP) is 2.21. The monoisotopic (exact) mass is 305 g/mol. The van der Waals surface area contributed by atoms with Gasteiger partial charge in [-0.05, 0) is 18.1 Å². The van der Waals surface area contributed by atoms with Crippen molar-refractivity contribution in [2.75, 3.05) is 13.7 Å². The number of rotatable bonds is 7. The van der Waals surface area contributed by atoms with Crippen molar-refractivity contribution in [3.63, 3.8) is 0 Å². The van der Waals surface area contributed by atoms with Crippen LogP contribution in [0.15, 0.2) is 28.9 Å². The van der Waals surface area contributed by atoms with E-state index in [2.05, 4.69) is 5.32 Å². The van der Waals surface area contributed by atoms with Gasteiger partial charge in [0.05, 0.1) is 19.8 Å². The summed E-state index contributed by atoms with van der Waals surface area (Å²) in [7, 11) is 1.58. The van der Waals surface area contributed by atoms with Crippen molar-refractivity contribution in [3.05, 3.63) is 30.0 Å². The van der Waals surface area contributed by atoms with Crippen molar-refractivity contribution in [1.82, 2.24) is 5.32 Å². The standard InChI is InChI=1S/C16H19NO5/c1-10(5-16(19)20)8-17-15(18)6-11-9-22-14-7-12(21-2)3-4-13(11)14/h3-4,7,9-10H,5-6,8H2,1-2H3,(H,17,18)(H,19,20). The van der Waals surface area contributed by atoms with Gasteiger partial charge in [0.1, 0.15) is 11.3 Å². The summed E-state index contributed by atoms with van der Waals surface area (Å²) in [5.41, 5.74) is 1.46. The maximum absolute atomic E-state index is 11.9. The van der Waals surface area contributed by atoms with Crippen molar-refractivity contribution in [3.8, 4) is 5.75 Å². The van der Waals surface area contributed by atoms with Gasteiger partial charge < -0.3 is 19.6 Å². The molecule has 6 nitrogen and oxygen atoms in total. The maximum atomic E-state index is 11.9. The Morgan fingerprint density at radius 3 is 2.86 bits per heavy atom. The molecule has 0 saturated carbocycles. The van der Waals surface area contributed by atoms with Crippen LogP contribution in [0.25, 0.3) is 11.0 Å². The summed E-state index contributed by atoms with van der Waals surface area (Å²) in [6, 6.07) is 5.44. The summed E-state index contributed by atoms with van der Waals surface area (Å²) >= 11 is 0. The van der Waals surface area contributed by atoms with E-state index in [-0.39, 0.29) is 24.7 Å². The quantitative estimate of drug-likeness (QED) is 0.818. The lowest BCUT2D eigenvalue weighted by Crippen LogP contribution is -2.30. The van der Waals surface area contributed by atoms with Crippen LogP contribution in [0.1, 0.15) is 18.9 Å². The molecule has 1 unspecified atom stereocenters. The zero-order chi connectivity index (χ0) is 16.1. The molecule has 1 heterocycles. The summed E-state index contributed by atoms with van der Waals surface area (Å²) in [5.74, 6) is -0.431. The number of carboxylic acids is 1. The second-order valence-corrected chi connectivity index (χ2v) is 5.31. The average molecular weight is 305 g/mol. The highest BCUT2D eigenvalue weighted by molar-refractivity contribution is 5.88. The highest BCUT2D eigenvalue weighted by Gasteiger charge is 2.13. The Labute approximate surface area is 128 Å². The minimum absolute atomic E-state index is 0.0364. The Morgan fingerprint density at radius 1 is 1.41 bits per heavy atom. The molecule has 0 aliphatic rings. The van der Waals surface area contributed by atoms with E-state index >= 15 is 0 Å². The van der Waals surface area contributed by atoms with Gasteiger partial charge in [0.15, 0.2) is 0 Å². The lowest BCUT2D eigenvalue weighted by Gasteiger charge is -2.09. The maximum Gasteiger partial charge on any atom is 0.303 e. The van der Waals surface area contributed by atoms with Gasteiger partial charge in [-0.2, -0.15) is 0 Å². The molecule has 0 aliphatic carbocycles. The molecule has 0 aliphatic heterocycles. The van der Waals surface area contributed by atoms with Gasteiger partial charge in [-0.3, -0.25) is 9.59 Å². The molecule has 6 heteroatoms.